The summed E-state index contributed by atoms with van der Waals surface area (Å²) in [6.07, 6.45) is 0. The van der Waals surface area contributed by atoms with Gasteiger partial charge in [-0.2, -0.15) is 0 Å². The normalized spacial score (nSPS) is 10.5. The van der Waals surface area contributed by atoms with Gasteiger partial charge in [-0.1, -0.05) is 0 Å². The highest BCUT2D eigenvalue weighted by Gasteiger charge is 2.16. The fourth-order valence-corrected chi connectivity index (χ4v) is 2.32. The quantitative estimate of drug-likeness (QED) is 0.824. The van der Waals surface area contributed by atoms with Crippen LogP contribution in [0.2, 0.25) is 0 Å². The molecule has 0 aliphatic rings. The molecule has 0 atom stereocenters. The number of hydrogen-bond acceptors (Lipinski definition) is 5. The smallest absolute Gasteiger partial charge is 0.351 e. The Balaban J connectivity index is 2.62. The number of carboxylic acid groups (broad SMARTS) is 1. The van der Waals surface area contributed by atoms with Crippen molar-refractivity contribution in [1.29, 1.82) is 0 Å². The molecule has 0 saturated carbocycles. The minimum atomic E-state index is -1.36. The lowest BCUT2D eigenvalue weighted by atomic mass is 10.1. The van der Waals surface area contributed by atoms with Gasteiger partial charge >= 0.3 is 11.6 Å². The standard InChI is InChI=1S/C10H6BNO5S/c1-12(10(11)16)7-3-5-6(18-7)2-4(8(13)14)9(15)17-5/h2-3H,1H3,(H,13,14). The molecule has 1 N–H and O–H groups in total. The Bertz CT molecular complexity index is 704. The SMILES string of the molecule is [B]C(=O)N(C)c1cc2oc(=O)c(C(=O)O)cc2s1. The molecule has 2 heterocycles. The summed E-state index contributed by atoms with van der Waals surface area (Å²) in [7, 11) is 6.57. The second-order valence-corrected chi connectivity index (χ2v) is 4.53. The number of amides is 1. The number of carbonyl (C=O) groups is 2. The summed E-state index contributed by atoms with van der Waals surface area (Å²) in [5.74, 6) is -2.02. The van der Waals surface area contributed by atoms with Gasteiger partial charge in [-0.05, 0) is 6.07 Å². The molecule has 0 saturated heterocycles. The highest BCUT2D eigenvalue weighted by molar-refractivity contribution is 7.23. The first-order chi connectivity index (χ1) is 8.40. The molecule has 2 aromatic rings. The van der Waals surface area contributed by atoms with Gasteiger partial charge in [0.15, 0.2) is 11.4 Å². The third-order valence-corrected chi connectivity index (χ3v) is 3.44. The lowest BCUT2D eigenvalue weighted by Gasteiger charge is -2.11. The molecule has 0 bridgehead atoms. The molecule has 0 fully saturated rings. The first-order valence-electron chi connectivity index (χ1n) is 4.74. The van der Waals surface area contributed by atoms with E-state index >= 15 is 0 Å². The molecule has 90 valence electrons. The number of carboxylic acids is 1. The third-order valence-electron chi connectivity index (χ3n) is 2.30. The van der Waals surface area contributed by atoms with Gasteiger partial charge in [0.05, 0.1) is 4.70 Å². The van der Waals surface area contributed by atoms with Crippen molar-refractivity contribution < 1.29 is 19.1 Å². The number of nitrogens with zero attached hydrogens (tertiary/aromatic N) is 1. The number of carbonyl (C=O) groups excluding carboxylic acids is 1. The van der Waals surface area contributed by atoms with Crippen LogP contribution >= 0.6 is 11.3 Å². The predicted molar refractivity (Wildman–Crippen MR) is 66.9 cm³/mol. The van der Waals surface area contributed by atoms with E-state index in [4.69, 9.17) is 17.4 Å². The van der Waals surface area contributed by atoms with E-state index in [1.54, 1.807) is 0 Å². The summed E-state index contributed by atoms with van der Waals surface area (Å²) < 4.78 is 5.31. The van der Waals surface area contributed by atoms with Crippen LogP contribution in [0.3, 0.4) is 0 Å². The molecule has 2 rings (SSSR count). The van der Waals surface area contributed by atoms with Crippen LogP contribution in [0.4, 0.5) is 9.80 Å². The van der Waals surface area contributed by atoms with Crippen molar-refractivity contribution in [2.24, 2.45) is 0 Å². The van der Waals surface area contributed by atoms with Gasteiger partial charge < -0.3 is 14.4 Å². The van der Waals surface area contributed by atoms with Gasteiger partial charge in [0.1, 0.15) is 10.6 Å². The largest absolute Gasteiger partial charge is 0.477 e. The van der Waals surface area contributed by atoms with E-state index in [2.05, 4.69) is 0 Å². The lowest BCUT2D eigenvalue weighted by molar-refractivity contribution is 0.0692. The number of fused-ring (bicyclic) bond motifs is 1. The molecular weight excluding hydrogens is 257 g/mol. The van der Waals surface area contributed by atoms with E-state index < -0.39 is 23.0 Å². The van der Waals surface area contributed by atoms with Crippen LogP contribution < -0.4 is 10.5 Å². The minimum absolute atomic E-state index is 0.220. The Labute approximate surface area is 106 Å². The summed E-state index contributed by atoms with van der Waals surface area (Å²) in [6.45, 7) is 0. The molecule has 0 aromatic carbocycles. The van der Waals surface area contributed by atoms with Crippen LogP contribution in [0.25, 0.3) is 10.3 Å². The van der Waals surface area contributed by atoms with Crippen molar-refractivity contribution >= 4 is 46.2 Å². The molecule has 18 heavy (non-hydrogen) atoms. The van der Waals surface area contributed by atoms with E-state index in [0.717, 1.165) is 11.3 Å². The zero-order valence-electron chi connectivity index (χ0n) is 9.17. The zero-order valence-corrected chi connectivity index (χ0v) is 9.98. The second-order valence-electron chi connectivity index (χ2n) is 3.46. The summed E-state index contributed by atoms with van der Waals surface area (Å²) >= 11 is 1.10. The van der Waals surface area contributed by atoms with E-state index in [1.807, 2.05) is 0 Å². The average molecular weight is 263 g/mol. The van der Waals surface area contributed by atoms with Crippen molar-refractivity contribution in [3.05, 3.63) is 28.1 Å². The average Bonchev–Trinajstić information content (AvgIpc) is 2.68. The monoisotopic (exact) mass is 263 g/mol. The Morgan fingerprint density at radius 2 is 2.11 bits per heavy atom. The molecular formula is C10H6BNO5S. The first-order valence-corrected chi connectivity index (χ1v) is 5.56. The van der Waals surface area contributed by atoms with Gasteiger partial charge in [-0.3, -0.25) is 4.79 Å². The molecule has 1 amide bonds. The topological polar surface area (TPSA) is 87.8 Å². The number of hydrogen-bond donors (Lipinski definition) is 1. The summed E-state index contributed by atoms with van der Waals surface area (Å²) in [4.78, 5) is 34.3. The van der Waals surface area contributed by atoms with E-state index in [-0.39, 0.29) is 5.58 Å². The fraction of sp³-hybridized carbons (Fsp3) is 0.100. The van der Waals surface area contributed by atoms with Crippen LogP contribution in [0.1, 0.15) is 10.4 Å². The van der Waals surface area contributed by atoms with E-state index in [0.29, 0.717) is 9.70 Å². The van der Waals surface area contributed by atoms with Crippen molar-refractivity contribution in [3.63, 3.8) is 0 Å². The zero-order chi connectivity index (χ0) is 13.4. The van der Waals surface area contributed by atoms with Gasteiger partial charge in [0, 0.05) is 13.1 Å². The maximum Gasteiger partial charge on any atom is 0.351 e. The Hall–Kier alpha value is -2.09. The Morgan fingerprint density at radius 1 is 1.44 bits per heavy atom. The van der Waals surface area contributed by atoms with Gasteiger partial charge in [0.25, 0.3) is 0 Å². The number of aromatic carboxylic acids is 1. The molecule has 0 spiro atoms. The summed E-state index contributed by atoms with van der Waals surface area (Å²) in [5.41, 5.74) is -1.16. The van der Waals surface area contributed by atoms with Crippen LogP contribution in [0.5, 0.6) is 0 Å². The minimum Gasteiger partial charge on any atom is -0.477 e. The highest BCUT2D eigenvalue weighted by atomic mass is 32.1. The highest BCUT2D eigenvalue weighted by Crippen LogP contribution is 2.31. The van der Waals surface area contributed by atoms with Gasteiger partial charge in [-0.15, -0.1) is 11.3 Å². The summed E-state index contributed by atoms with van der Waals surface area (Å²) in [6, 6.07) is 2.67. The lowest BCUT2D eigenvalue weighted by Crippen LogP contribution is -2.23. The van der Waals surface area contributed by atoms with Crippen molar-refractivity contribution in [2.75, 3.05) is 11.9 Å². The van der Waals surface area contributed by atoms with Crippen LogP contribution in [0.15, 0.2) is 21.3 Å². The first kappa shape index (κ1) is 12.4. The molecule has 2 radical (unpaired) electrons. The Morgan fingerprint density at radius 3 is 2.67 bits per heavy atom. The molecule has 0 aliphatic heterocycles. The van der Waals surface area contributed by atoms with E-state index in [9.17, 15) is 14.4 Å². The van der Waals surface area contributed by atoms with Crippen LogP contribution in [-0.4, -0.2) is 31.8 Å². The van der Waals surface area contributed by atoms with Crippen molar-refractivity contribution in [1.82, 2.24) is 0 Å². The number of anilines is 1. The van der Waals surface area contributed by atoms with Gasteiger partial charge in [-0.25, -0.2) is 9.59 Å². The molecule has 0 aliphatic carbocycles. The summed E-state index contributed by atoms with van der Waals surface area (Å²) in [5, 5.41) is 9.25. The van der Waals surface area contributed by atoms with Gasteiger partial charge in [0.2, 0.25) is 7.85 Å². The van der Waals surface area contributed by atoms with Crippen molar-refractivity contribution in [3.8, 4) is 0 Å². The second kappa shape index (κ2) is 4.30. The number of thiophene rings is 1. The van der Waals surface area contributed by atoms with Crippen LogP contribution in [-0.2, 0) is 0 Å². The van der Waals surface area contributed by atoms with Crippen molar-refractivity contribution in [2.45, 2.75) is 0 Å². The van der Waals surface area contributed by atoms with Crippen LogP contribution in [0, 0.1) is 0 Å². The third kappa shape index (κ3) is 2.02. The molecule has 8 heteroatoms. The molecule has 0 unspecified atom stereocenters. The van der Waals surface area contributed by atoms with E-state index in [1.165, 1.54) is 24.1 Å². The fourth-order valence-electron chi connectivity index (χ4n) is 1.32. The maximum atomic E-state index is 11.3. The predicted octanol–water partition coefficient (Wildman–Crippen LogP) is 1.28. The molecule has 6 nitrogen and oxygen atoms in total. The maximum absolute atomic E-state index is 11.3. The Kier molecular flexibility index (Phi) is 2.96. The molecule has 2 aromatic heterocycles. The number of rotatable bonds is 2.